The molecule has 7 nitrogen and oxygen atoms in total. The summed E-state index contributed by atoms with van der Waals surface area (Å²) in [7, 11) is 1.66. The summed E-state index contributed by atoms with van der Waals surface area (Å²) in [5.74, 6) is -1.78. The second kappa shape index (κ2) is 7.28. The van der Waals surface area contributed by atoms with E-state index in [1.54, 1.807) is 25.5 Å². The number of anilines is 1. The molecule has 2 heterocycles. The summed E-state index contributed by atoms with van der Waals surface area (Å²) in [6.07, 6.45) is 1.38. The lowest BCUT2D eigenvalue weighted by molar-refractivity contribution is 0.0531. The second-order valence-electron chi connectivity index (χ2n) is 5.75. The molecule has 0 fully saturated rings. The van der Waals surface area contributed by atoms with Gasteiger partial charge in [-0.05, 0) is 32.0 Å². The van der Waals surface area contributed by atoms with E-state index in [0.717, 1.165) is 17.4 Å². The highest BCUT2D eigenvalue weighted by Gasteiger charge is 2.20. The minimum Gasteiger partial charge on any atom is -0.462 e. The van der Waals surface area contributed by atoms with E-state index in [9.17, 15) is 18.8 Å². The number of hydrogen-bond donors (Lipinski definition) is 1. The number of carbonyl (C=O) groups excluding carboxylic acids is 2. The number of amides is 1. The summed E-state index contributed by atoms with van der Waals surface area (Å²) in [6.45, 7) is 3.53. The number of benzene rings is 1. The number of thiazole rings is 1. The molecule has 27 heavy (non-hydrogen) atoms. The first-order valence-corrected chi connectivity index (χ1v) is 8.88. The fourth-order valence-electron chi connectivity index (χ4n) is 2.63. The van der Waals surface area contributed by atoms with E-state index in [1.165, 1.54) is 18.3 Å². The van der Waals surface area contributed by atoms with Crippen LogP contribution in [0.5, 0.6) is 0 Å². The van der Waals surface area contributed by atoms with Crippen LogP contribution in [0.3, 0.4) is 0 Å². The minimum atomic E-state index is -0.689. The molecule has 1 amide bonds. The van der Waals surface area contributed by atoms with Crippen LogP contribution in [0, 0.1) is 12.7 Å². The monoisotopic (exact) mass is 389 g/mol. The Labute approximate surface area is 157 Å². The molecule has 0 spiro atoms. The number of pyridine rings is 1. The highest BCUT2D eigenvalue weighted by atomic mass is 32.1. The summed E-state index contributed by atoms with van der Waals surface area (Å²) in [6, 6.07) is 3.82. The summed E-state index contributed by atoms with van der Waals surface area (Å²) < 4.78 is 20.0. The number of aromatic nitrogens is 2. The lowest BCUT2D eigenvalue weighted by Gasteiger charge is -2.08. The Morgan fingerprint density at radius 3 is 2.81 bits per heavy atom. The standard InChI is InChI=1S/C18H16FN3O4S/c1-4-26-17(25)15-9(2)20-18(27-15)21-16(24)12-8-22(3)13-6-5-10(19)7-11(13)14(12)23/h5-8H,4H2,1-3H3,(H,20,21,24). The maximum absolute atomic E-state index is 13.5. The number of nitrogens with zero attached hydrogens (tertiary/aromatic N) is 2. The van der Waals surface area contributed by atoms with Crippen LogP contribution in [0.15, 0.2) is 29.2 Å². The van der Waals surface area contributed by atoms with Gasteiger partial charge in [0.05, 0.1) is 17.8 Å². The smallest absolute Gasteiger partial charge is 0.350 e. The number of ether oxygens (including phenoxy) is 1. The maximum Gasteiger partial charge on any atom is 0.350 e. The Balaban J connectivity index is 1.96. The fourth-order valence-corrected chi connectivity index (χ4v) is 3.48. The number of carbonyl (C=O) groups is 2. The van der Waals surface area contributed by atoms with Gasteiger partial charge < -0.3 is 9.30 Å². The van der Waals surface area contributed by atoms with Crippen LogP contribution in [0.1, 0.15) is 32.6 Å². The van der Waals surface area contributed by atoms with Gasteiger partial charge >= 0.3 is 5.97 Å². The Morgan fingerprint density at radius 2 is 2.11 bits per heavy atom. The van der Waals surface area contributed by atoms with Gasteiger partial charge in [-0.3, -0.25) is 14.9 Å². The van der Waals surface area contributed by atoms with Crippen molar-refractivity contribution in [3.05, 3.63) is 56.6 Å². The SMILES string of the molecule is CCOC(=O)c1sc(NC(=O)c2cn(C)c3ccc(F)cc3c2=O)nc1C. The minimum absolute atomic E-state index is 0.104. The van der Waals surface area contributed by atoms with Gasteiger partial charge in [-0.15, -0.1) is 0 Å². The molecular weight excluding hydrogens is 373 g/mol. The average Bonchev–Trinajstić information content (AvgIpc) is 2.98. The van der Waals surface area contributed by atoms with Gasteiger partial charge in [0, 0.05) is 18.6 Å². The first-order valence-electron chi connectivity index (χ1n) is 8.06. The summed E-state index contributed by atoms with van der Waals surface area (Å²) >= 11 is 0.960. The first-order chi connectivity index (χ1) is 12.8. The predicted molar refractivity (Wildman–Crippen MR) is 99.9 cm³/mol. The zero-order valence-electron chi connectivity index (χ0n) is 14.8. The third-order valence-electron chi connectivity index (χ3n) is 3.87. The topological polar surface area (TPSA) is 90.3 Å². The molecule has 0 saturated carbocycles. The van der Waals surface area contributed by atoms with E-state index in [1.807, 2.05) is 0 Å². The molecular formula is C18H16FN3O4S. The van der Waals surface area contributed by atoms with Crippen LogP contribution in [-0.2, 0) is 11.8 Å². The van der Waals surface area contributed by atoms with E-state index in [-0.39, 0.29) is 27.6 Å². The molecule has 0 radical (unpaired) electrons. The molecule has 140 valence electrons. The molecule has 3 aromatic rings. The highest BCUT2D eigenvalue weighted by molar-refractivity contribution is 7.17. The largest absolute Gasteiger partial charge is 0.462 e. The van der Waals surface area contributed by atoms with Crippen molar-refractivity contribution < 1.29 is 18.7 Å². The van der Waals surface area contributed by atoms with Gasteiger partial charge in [0.1, 0.15) is 16.3 Å². The number of aryl methyl sites for hydroxylation is 2. The van der Waals surface area contributed by atoms with Gasteiger partial charge in [-0.2, -0.15) is 0 Å². The van der Waals surface area contributed by atoms with Gasteiger partial charge in [0.2, 0.25) is 5.43 Å². The number of rotatable bonds is 4. The van der Waals surface area contributed by atoms with Crippen molar-refractivity contribution in [3.8, 4) is 0 Å². The molecule has 0 aliphatic heterocycles. The van der Waals surface area contributed by atoms with Gasteiger partial charge in [-0.25, -0.2) is 14.2 Å². The van der Waals surface area contributed by atoms with Crippen molar-refractivity contribution in [1.29, 1.82) is 0 Å². The number of halogens is 1. The van der Waals surface area contributed by atoms with E-state index in [2.05, 4.69) is 10.3 Å². The van der Waals surface area contributed by atoms with E-state index in [0.29, 0.717) is 11.2 Å². The quantitative estimate of drug-likeness (QED) is 0.693. The molecule has 0 unspecified atom stereocenters. The number of esters is 1. The Morgan fingerprint density at radius 1 is 1.37 bits per heavy atom. The van der Waals surface area contributed by atoms with Crippen LogP contribution in [0.4, 0.5) is 9.52 Å². The van der Waals surface area contributed by atoms with Crippen LogP contribution in [0.2, 0.25) is 0 Å². The molecule has 0 saturated heterocycles. The second-order valence-corrected chi connectivity index (χ2v) is 6.75. The number of nitrogens with one attached hydrogen (secondary N) is 1. The van der Waals surface area contributed by atoms with Crippen LogP contribution in [0.25, 0.3) is 10.9 Å². The van der Waals surface area contributed by atoms with E-state index in [4.69, 9.17) is 4.74 Å². The summed E-state index contributed by atoms with van der Waals surface area (Å²) in [5, 5.41) is 2.79. The van der Waals surface area contributed by atoms with E-state index >= 15 is 0 Å². The molecule has 0 atom stereocenters. The van der Waals surface area contributed by atoms with Gasteiger partial charge in [0.15, 0.2) is 5.13 Å². The van der Waals surface area contributed by atoms with Crippen LogP contribution in [-0.4, -0.2) is 28.0 Å². The van der Waals surface area contributed by atoms with Gasteiger partial charge in [0.25, 0.3) is 5.91 Å². The van der Waals surface area contributed by atoms with Crippen LogP contribution >= 0.6 is 11.3 Å². The number of hydrogen-bond acceptors (Lipinski definition) is 6. The summed E-state index contributed by atoms with van der Waals surface area (Å²) in [4.78, 5) is 41.4. The van der Waals surface area contributed by atoms with Crippen molar-refractivity contribution in [3.63, 3.8) is 0 Å². The zero-order valence-corrected chi connectivity index (χ0v) is 15.6. The molecule has 1 N–H and O–H groups in total. The maximum atomic E-state index is 13.5. The Kier molecular flexibility index (Phi) is 5.04. The third kappa shape index (κ3) is 3.59. The highest BCUT2D eigenvalue weighted by Crippen LogP contribution is 2.24. The van der Waals surface area contributed by atoms with Crippen molar-refractivity contribution >= 4 is 39.2 Å². The van der Waals surface area contributed by atoms with Crippen molar-refractivity contribution in [1.82, 2.24) is 9.55 Å². The third-order valence-corrected chi connectivity index (χ3v) is 4.93. The van der Waals surface area contributed by atoms with Crippen molar-refractivity contribution in [2.24, 2.45) is 7.05 Å². The van der Waals surface area contributed by atoms with Crippen molar-refractivity contribution in [2.75, 3.05) is 11.9 Å². The zero-order chi connectivity index (χ0) is 19.7. The molecule has 0 aliphatic carbocycles. The molecule has 3 rings (SSSR count). The molecule has 9 heteroatoms. The Hall–Kier alpha value is -3.07. The summed E-state index contributed by atoms with van der Waals surface area (Å²) in [5.41, 5.74) is 0.190. The normalized spacial score (nSPS) is 10.8. The molecule has 2 aromatic heterocycles. The average molecular weight is 389 g/mol. The first kappa shape index (κ1) is 18.7. The predicted octanol–water partition coefficient (Wildman–Crippen LogP) is 2.87. The number of fused-ring (bicyclic) bond motifs is 1. The lowest BCUT2D eigenvalue weighted by Crippen LogP contribution is -2.23. The molecule has 0 bridgehead atoms. The molecule has 1 aromatic carbocycles. The fraction of sp³-hybridized carbons (Fsp3) is 0.222. The lowest BCUT2D eigenvalue weighted by atomic mass is 10.1. The van der Waals surface area contributed by atoms with Crippen LogP contribution < -0.4 is 10.7 Å². The van der Waals surface area contributed by atoms with E-state index < -0.39 is 23.1 Å². The Bertz CT molecular complexity index is 1120. The van der Waals surface area contributed by atoms with Gasteiger partial charge in [-0.1, -0.05) is 11.3 Å². The molecule has 0 aliphatic rings. The van der Waals surface area contributed by atoms with Crippen molar-refractivity contribution in [2.45, 2.75) is 13.8 Å².